The lowest BCUT2D eigenvalue weighted by atomic mass is 10.2. The van der Waals surface area contributed by atoms with E-state index in [2.05, 4.69) is 10.3 Å². The standard InChI is InChI=1S/C13H15N3O3S/c1-3-19-11-6-4-5-10(13(11)16(17)18)14-7-12-15-9(2)8-20-12/h4-6,8,14H,3,7H2,1-2H3. The molecule has 0 spiro atoms. The molecule has 106 valence electrons. The van der Waals surface area contributed by atoms with Gasteiger partial charge in [-0.25, -0.2) is 4.98 Å². The van der Waals surface area contributed by atoms with E-state index in [0.717, 1.165) is 10.7 Å². The van der Waals surface area contributed by atoms with Gasteiger partial charge in [-0.2, -0.15) is 0 Å². The molecule has 0 fully saturated rings. The molecule has 2 rings (SSSR count). The Labute approximate surface area is 120 Å². The molecule has 0 bridgehead atoms. The number of thiazole rings is 1. The minimum atomic E-state index is -0.430. The summed E-state index contributed by atoms with van der Waals surface area (Å²) in [6, 6.07) is 4.99. The van der Waals surface area contributed by atoms with Crippen LogP contribution in [0.4, 0.5) is 11.4 Å². The lowest BCUT2D eigenvalue weighted by molar-refractivity contribution is -0.384. The molecule has 0 unspecified atom stereocenters. The van der Waals surface area contributed by atoms with Gasteiger partial charge >= 0.3 is 5.69 Å². The fourth-order valence-electron chi connectivity index (χ4n) is 1.78. The number of para-hydroxylation sites is 1. The van der Waals surface area contributed by atoms with Gasteiger partial charge in [-0.1, -0.05) is 6.07 Å². The Hall–Kier alpha value is -2.15. The van der Waals surface area contributed by atoms with E-state index in [0.29, 0.717) is 18.8 Å². The van der Waals surface area contributed by atoms with Crippen LogP contribution in [0.5, 0.6) is 5.75 Å². The van der Waals surface area contributed by atoms with Crippen molar-refractivity contribution in [3.8, 4) is 5.75 Å². The highest BCUT2D eigenvalue weighted by atomic mass is 32.1. The van der Waals surface area contributed by atoms with Crippen molar-refractivity contribution in [2.75, 3.05) is 11.9 Å². The van der Waals surface area contributed by atoms with E-state index < -0.39 is 4.92 Å². The Morgan fingerprint density at radius 2 is 2.30 bits per heavy atom. The van der Waals surface area contributed by atoms with Crippen LogP contribution in [0.3, 0.4) is 0 Å². The first-order chi connectivity index (χ1) is 9.61. The van der Waals surface area contributed by atoms with Crippen LogP contribution in [0.1, 0.15) is 17.6 Å². The number of nitrogens with zero attached hydrogens (tertiary/aromatic N) is 2. The summed E-state index contributed by atoms with van der Waals surface area (Å²) in [4.78, 5) is 15.1. The normalized spacial score (nSPS) is 10.3. The molecule has 1 aromatic carbocycles. The van der Waals surface area contributed by atoms with Crippen molar-refractivity contribution in [3.05, 3.63) is 44.4 Å². The SMILES string of the molecule is CCOc1cccc(NCc2nc(C)cs2)c1[N+](=O)[O-]. The number of anilines is 1. The highest BCUT2D eigenvalue weighted by molar-refractivity contribution is 7.09. The van der Waals surface area contributed by atoms with E-state index in [1.165, 1.54) is 11.3 Å². The van der Waals surface area contributed by atoms with Gasteiger partial charge in [0.05, 0.1) is 18.1 Å². The number of nitro groups is 1. The van der Waals surface area contributed by atoms with Gasteiger partial charge in [0.15, 0.2) is 5.75 Å². The van der Waals surface area contributed by atoms with Gasteiger partial charge < -0.3 is 10.1 Å². The summed E-state index contributed by atoms with van der Waals surface area (Å²) < 4.78 is 5.30. The topological polar surface area (TPSA) is 77.3 Å². The van der Waals surface area contributed by atoms with E-state index in [4.69, 9.17) is 4.74 Å². The number of ether oxygens (including phenoxy) is 1. The summed E-state index contributed by atoms with van der Waals surface area (Å²) in [6.07, 6.45) is 0. The number of nitro benzene ring substituents is 1. The fraction of sp³-hybridized carbons (Fsp3) is 0.308. The maximum atomic E-state index is 11.2. The van der Waals surface area contributed by atoms with Crippen LogP contribution in [0.25, 0.3) is 0 Å². The predicted molar refractivity (Wildman–Crippen MR) is 78.4 cm³/mol. The second-order valence-corrected chi connectivity index (χ2v) is 5.02. The monoisotopic (exact) mass is 293 g/mol. The smallest absolute Gasteiger partial charge is 0.333 e. The Kier molecular flexibility index (Phi) is 4.52. The Bertz CT molecular complexity index is 613. The summed E-state index contributed by atoms with van der Waals surface area (Å²) in [7, 11) is 0. The average molecular weight is 293 g/mol. The second kappa shape index (κ2) is 6.33. The van der Waals surface area contributed by atoms with E-state index in [1.807, 2.05) is 12.3 Å². The highest BCUT2D eigenvalue weighted by Gasteiger charge is 2.20. The van der Waals surface area contributed by atoms with Gasteiger partial charge in [-0.3, -0.25) is 10.1 Å². The molecule has 7 heteroatoms. The summed E-state index contributed by atoms with van der Waals surface area (Å²) in [5, 5.41) is 17.1. The molecule has 1 N–H and O–H groups in total. The quantitative estimate of drug-likeness (QED) is 0.652. The Morgan fingerprint density at radius 3 is 2.90 bits per heavy atom. The van der Waals surface area contributed by atoms with Crippen molar-refractivity contribution >= 4 is 22.7 Å². The number of rotatable bonds is 6. The van der Waals surface area contributed by atoms with Crippen molar-refractivity contribution in [2.24, 2.45) is 0 Å². The minimum absolute atomic E-state index is 0.0392. The van der Waals surface area contributed by atoms with E-state index in [1.54, 1.807) is 25.1 Å². The first-order valence-electron chi connectivity index (χ1n) is 6.17. The maximum Gasteiger partial charge on any atom is 0.333 e. The minimum Gasteiger partial charge on any atom is -0.487 e. The number of hydrogen-bond donors (Lipinski definition) is 1. The third-order valence-corrected chi connectivity index (χ3v) is 3.54. The molecule has 0 aliphatic rings. The van der Waals surface area contributed by atoms with Gasteiger partial charge in [-0.15, -0.1) is 11.3 Å². The summed E-state index contributed by atoms with van der Waals surface area (Å²) in [6.45, 7) is 4.55. The third kappa shape index (κ3) is 3.24. The molecule has 2 aromatic rings. The van der Waals surface area contributed by atoms with Crippen LogP contribution < -0.4 is 10.1 Å². The molecule has 0 radical (unpaired) electrons. The third-order valence-electron chi connectivity index (χ3n) is 2.58. The second-order valence-electron chi connectivity index (χ2n) is 4.08. The lowest BCUT2D eigenvalue weighted by Crippen LogP contribution is -2.04. The molecule has 0 aliphatic heterocycles. The van der Waals surface area contributed by atoms with Gasteiger partial charge in [0.1, 0.15) is 10.7 Å². The number of hydrogen-bond acceptors (Lipinski definition) is 6. The largest absolute Gasteiger partial charge is 0.487 e. The molecule has 0 amide bonds. The van der Waals surface area contributed by atoms with Gasteiger partial charge in [0.2, 0.25) is 0 Å². The molecule has 0 saturated carbocycles. The molecule has 0 saturated heterocycles. The molecule has 20 heavy (non-hydrogen) atoms. The van der Waals surface area contributed by atoms with Gasteiger partial charge in [0.25, 0.3) is 0 Å². The zero-order valence-corrected chi connectivity index (χ0v) is 12.1. The van der Waals surface area contributed by atoms with Crippen molar-refractivity contribution in [1.82, 2.24) is 4.98 Å². The fourth-order valence-corrected chi connectivity index (χ4v) is 2.49. The van der Waals surface area contributed by atoms with Gasteiger partial charge in [-0.05, 0) is 26.0 Å². The number of benzene rings is 1. The number of aryl methyl sites for hydroxylation is 1. The summed E-state index contributed by atoms with van der Waals surface area (Å²) >= 11 is 1.52. The predicted octanol–water partition coefficient (Wildman–Crippen LogP) is 3.37. The molecular weight excluding hydrogens is 278 g/mol. The lowest BCUT2D eigenvalue weighted by Gasteiger charge is -2.09. The molecular formula is C13H15N3O3S. The summed E-state index contributed by atoms with van der Waals surface area (Å²) in [5.74, 6) is 0.276. The Balaban J connectivity index is 2.22. The molecule has 1 aromatic heterocycles. The van der Waals surface area contributed by atoms with Crippen molar-refractivity contribution < 1.29 is 9.66 Å². The van der Waals surface area contributed by atoms with Crippen LogP contribution in [0.2, 0.25) is 0 Å². The van der Waals surface area contributed by atoms with Crippen LogP contribution in [-0.2, 0) is 6.54 Å². The zero-order valence-electron chi connectivity index (χ0n) is 11.3. The average Bonchev–Trinajstić information content (AvgIpc) is 2.82. The highest BCUT2D eigenvalue weighted by Crippen LogP contribution is 2.35. The van der Waals surface area contributed by atoms with Crippen molar-refractivity contribution in [2.45, 2.75) is 20.4 Å². The molecule has 1 heterocycles. The molecule has 0 aliphatic carbocycles. The van der Waals surface area contributed by atoms with Crippen LogP contribution in [0, 0.1) is 17.0 Å². The summed E-state index contributed by atoms with van der Waals surface area (Å²) in [5.41, 5.74) is 1.35. The van der Waals surface area contributed by atoms with Crippen LogP contribution in [0.15, 0.2) is 23.6 Å². The maximum absolute atomic E-state index is 11.2. The van der Waals surface area contributed by atoms with Crippen LogP contribution in [-0.4, -0.2) is 16.5 Å². The van der Waals surface area contributed by atoms with Crippen molar-refractivity contribution in [3.63, 3.8) is 0 Å². The van der Waals surface area contributed by atoms with E-state index in [-0.39, 0.29) is 11.4 Å². The van der Waals surface area contributed by atoms with Gasteiger partial charge in [0, 0.05) is 11.1 Å². The number of nitrogens with one attached hydrogen (secondary N) is 1. The first kappa shape index (κ1) is 14.3. The number of aromatic nitrogens is 1. The molecule has 6 nitrogen and oxygen atoms in total. The van der Waals surface area contributed by atoms with Crippen LogP contribution >= 0.6 is 11.3 Å². The first-order valence-corrected chi connectivity index (χ1v) is 7.05. The van der Waals surface area contributed by atoms with E-state index in [9.17, 15) is 10.1 Å². The zero-order chi connectivity index (χ0) is 14.5. The van der Waals surface area contributed by atoms with Crippen molar-refractivity contribution in [1.29, 1.82) is 0 Å². The van der Waals surface area contributed by atoms with E-state index >= 15 is 0 Å². The Morgan fingerprint density at radius 1 is 1.50 bits per heavy atom. The molecule has 0 atom stereocenters.